The second-order valence-corrected chi connectivity index (χ2v) is 5.67. The van der Waals surface area contributed by atoms with Crippen LogP contribution in [-0.4, -0.2) is 37.8 Å². The van der Waals surface area contributed by atoms with E-state index in [9.17, 15) is 9.59 Å². The molecule has 0 atom stereocenters. The SMILES string of the molecule is C=CCOc1ccccc1/C=N\NC(=O)CN1C(=O)COc2ccccc21. The summed E-state index contributed by atoms with van der Waals surface area (Å²) in [5, 5.41) is 3.96. The second-order valence-electron chi connectivity index (χ2n) is 5.67. The number of anilines is 1. The molecule has 1 heterocycles. The predicted molar refractivity (Wildman–Crippen MR) is 102 cm³/mol. The maximum atomic E-state index is 12.2. The Morgan fingerprint density at radius 3 is 2.89 bits per heavy atom. The molecule has 0 fully saturated rings. The van der Waals surface area contributed by atoms with Gasteiger partial charge in [-0.3, -0.25) is 14.5 Å². The summed E-state index contributed by atoms with van der Waals surface area (Å²) in [6, 6.07) is 14.4. The van der Waals surface area contributed by atoms with E-state index in [1.165, 1.54) is 11.1 Å². The maximum absolute atomic E-state index is 12.2. The van der Waals surface area contributed by atoms with Gasteiger partial charge in [-0.25, -0.2) is 5.43 Å². The summed E-state index contributed by atoms with van der Waals surface area (Å²) < 4.78 is 10.9. The highest BCUT2D eigenvalue weighted by atomic mass is 16.5. The number of ether oxygens (including phenoxy) is 2. The molecule has 2 aromatic carbocycles. The number of hydrogen-bond acceptors (Lipinski definition) is 5. The van der Waals surface area contributed by atoms with Crippen LogP contribution in [0.5, 0.6) is 11.5 Å². The van der Waals surface area contributed by atoms with Gasteiger partial charge in [-0.1, -0.05) is 36.9 Å². The van der Waals surface area contributed by atoms with Crippen LogP contribution in [0.1, 0.15) is 5.56 Å². The Morgan fingerprint density at radius 1 is 1.26 bits per heavy atom. The molecule has 0 saturated heterocycles. The number of carbonyl (C=O) groups is 2. The third kappa shape index (κ3) is 4.52. The van der Waals surface area contributed by atoms with E-state index in [0.29, 0.717) is 29.4 Å². The molecule has 0 saturated carbocycles. The van der Waals surface area contributed by atoms with Gasteiger partial charge in [0.1, 0.15) is 24.7 Å². The molecule has 3 rings (SSSR count). The monoisotopic (exact) mass is 365 g/mol. The topological polar surface area (TPSA) is 80.2 Å². The summed E-state index contributed by atoms with van der Waals surface area (Å²) >= 11 is 0. The molecule has 138 valence electrons. The normalized spacial score (nSPS) is 13.0. The predicted octanol–water partition coefficient (Wildman–Crippen LogP) is 2.13. The maximum Gasteiger partial charge on any atom is 0.265 e. The van der Waals surface area contributed by atoms with Crippen LogP contribution in [0.15, 0.2) is 66.3 Å². The zero-order valence-corrected chi connectivity index (χ0v) is 14.6. The fourth-order valence-electron chi connectivity index (χ4n) is 2.55. The molecular weight excluding hydrogens is 346 g/mol. The summed E-state index contributed by atoms with van der Waals surface area (Å²) in [5.74, 6) is 0.506. The van der Waals surface area contributed by atoms with Gasteiger partial charge in [0, 0.05) is 5.56 Å². The number of hydrazone groups is 1. The highest BCUT2D eigenvalue weighted by Gasteiger charge is 2.26. The highest BCUT2D eigenvalue weighted by molar-refractivity contribution is 6.02. The number of nitrogens with zero attached hydrogens (tertiary/aromatic N) is 2. The van der Waals surface area contributed by atoms with Gasteiger partial charge in [-0.2, -0.15) is 5.10 Å². The quantitative estimate of drug-likeness (QED) is 0.463. The molecule has 1 N–H and O–H groups in total. The van der Waals surface area contributed by atoms with Crippen molar-refractivity contribution in [2.75, 3.05) is 24.7 Å². The van der Waals surface area contributed by atoms with Crippen molar-refractivity contribution in [3.8, 4) is 11.5 Å². The number of nitrogens with one attached hydrogen (secondary N) is 1. The van der Waals surface area contributed by atoms with Crippen molar-refractivity contribution in [3.05, 3.63) is 66.7 Å². The Morgan fingerprint density at radius 2 is 2.04 bits per heavy atom. The van der Waals surface area contributed by atoms with Gasteiger partial charge >= 0.3 is 0 Å². The van der Waals surface area contributed by atoms with Crippen molar-refractivity contribution in [2.45, 2.75) is 0 Å². The van der Waals surface area contributed by atoms with E-state index in [1.807, 2.05) is 24.3 Å². The molecule has 27 heavy (non-hydrogen) atoms. The van der Waals surface area contributed by atoms with Gasteiger partial charge in [0.2, 0.25) is 0 Å². The van der Waals surface area contributed by atoms with Gasteiger partial charge in [-0.05, 0) is 24.3 Å². The van der Waals surface area contributed by atoms with Crippen molar-refractivity contribution >= 4 is 23.7 Å². The highest BCUT2D eigenvalue weighted by Crippen LogP contribution is 2.31. The molecular formula is C20H19N3O4. The van der Waals surface area contributed by atoms with Gasteiger partial charge in [0.25, 0.3) is 11.8 Å². The van der Waals surface area contributed by atoms with Crippen LogP contribution < -0.4 is 19.8 Å². The first-order valence-electron chi connectivity index (χ1n) is 8.36. The van der Waals surface area contributed by atoms with Crippen LogP contribution in [0.4, 0.5) is 5.69 Å². The Hall–Kier alpha value is -3.61. The molecule has 0 unspecified atom stereocenters. The number of amides is 2. The lowest BCUT2D eigenvalue weighted by molar-refractivity contribution is -0.125. The molecule has 2 amide bonds. The zero-order valence-electron chi connectivity index (χ0n) is 14.6. The largest absolute Gasteiger partial charge is 0.489 e. The first-order valence-corrected chi connectivity index (χ1v) is 8.36. The molecule has 0 bridgehead atoms. The second kappa shape index (κ2) is 8.66. The Labute approximate surface area is 156 Å². The number of rotatable bonds is 7. The number of benzene rings is 2. The minimum absolute atomic E-state index is 0.0957. The van der Waals surface area contributed by atoms with Crippen LogP contribution in [0.25, 0.3) is 0 Å². The molecule has 7 nitrogen and oxygen atoms in total. The molecule has 2 aromatic rings. The first-order chi connectivity index (χ1) is 13.2. The van der Waals surface area contributed by atoms with E-state index in [0.717, 1.165) is 0 Å². The summed E-state index contributed by atoms with van der Waals surface area (Å²) in [7, 11) is 0. The minimum Gasteiger partial charge on any atom is -0.489 e. The fourth-order valence-corrected chi connectivity index (χ4v) is 2.55. The van der Waals surface area contributed by atoms with Crippen LogP contribution in [-0.2, 0) is 9.59 Å². The molecule has 0 aromatic heterocycles. The van der Waals surface area contributed by atoms with E-state index in [2.05, 4.69) is 17.1 Å². The van der Waals surface area contributed by atoms with Crippen molar-refractivity contribution in [1.29, 1.82) is 0 Å². The summed E-state index contributed by atoms with van der Waals surface area (Å²) in [4.78, 5) is 25.7. The van der Waals surface area contributed by atoms with Crippen molar-refractivity contribution < 1.29 is 19.1 Å². The van der Waals surface area contributed by atoms with E-state index in [1.54, 1.807) is 30.3 Å². The van der Waals surface area contributed by atoms with Crippen LogP contribution in [0, 0.1) is 0 Å². The van der Waals surface area contributed by atoms with Gasteiger partial charge in [0.05, 0.1) is 11.9 Å². The van der Waals surface area contributed by atoms with Crippen LogP contribution in [0.2, 0.25) is 0 Å². The summed E-state index contributed by atoms with van der Waals surface area (Å²) in [6.45, 7) is 3.74. The lowest BCUT2D eigenvalue weighted by Gasteiger charge is -2.28. The molecule has 1 aliphatic rings. The van der Waals surface area contributed by atoms with Gasteiger partial charge < -0.3 is 9.47 Å². The number of hydrogen-bond donors (Lipinski definition) is 1. The van der Waals surface area contributed by atoms with Crippen molar-refractivity contribution in [1.82, 2.24) is 5.43 Å². The van der Waals surface area contributed by atoms with Crippen molar-refractivity contribution in [3.63, 3.8) is 0 Å². The first kappa shape index (κ1) is 18.2. The molecule has 0 aliphatic carbocycles. The third-order valence-corrected chi connectivity index (χ3v) is 3.78. The molecule has 0 radical (unpaired) electrons. The minimum atomic E-state index is -0.416. The van der Waals surface area contributed by atoms with Gasteiger partial charge in [-0.15, -0.1) is 0 Å². The van der Waals surface area contributed by atoms with Crippen LogP contribution >= 0.6 is 0 Å². The van der Waals surface area contributed by atoms with E-state index < -0.39 is 5.91 Å². The average molecular weight is 365 g/mol. The smallest absolute Gasteiger partial charge is 0.265 e. The Balaban J connectivity index is 1.63. The van der Waals surface area contributed by atoms with E-state index in [-0.39, 0.29) is 19.1 Å². The Kier molecular flexibility index (Phi) is 5.84. The van der Waals surface area contributed by atoms with Crippen molar-refractivity contribution in [2.24, 2.45) is 5.10 Å². The van der Waals surface area contributed by atoms with E-state index >= 15 is 0 Å². The Bertz CT molecular complexity index is 879. The number of para-hydroxylation sites is 3. The lowest BCUT2D eigenvalue weighted by atomic mass is 10.2. The molecule has 0 spiro atoms. The summed E-state index contributed by atoms with van der Waals surface area (Å²) in [5.41, 5.74) is 3.71. The number of carbonyl (C=O) groups excluding carboxylic acids is 2. The van der Waals surface area contributed by atoms with Crippen LogP contribution in [0.3, 0.4) is 0 Å². The molecule has 1 aliphatic heterocycles. The summed E-state index contributed by atoms with van der Waals surface area (Å²) in [6.07, 6.45) is 3.14. The third-order valence-electron chi connectivity index (χ3n) is 3.78. The average Bonchev–Trinajstić information content (AvgIpc) is 2.69. The lowest BCUT2D eigenvalue weighted by Crippen LogP contribution is -2.44. The van der Waals surface area contributed by atoms with E-state index in [4.69, 9.17) is 9.47 Å². The fraction of sp³-hybridized carbons (Fsp3) is 0.150. The standard InChI is InChI=1S/C20H19N3O4/c1-2-11-26-17-9-5-3-7-15(17)12-21-22-19(24)13-23-16-8-4-6-10-18(16)27-14-20(23)25/h2-10,12H,1,11,13-14H2,(H,22,24)/b21-12-. The molecule has 7 heteroatoms. The van der Waals surface area contributed by atoms with Gasteiger partial charge in [0.15, 0.2) is 6.61 Å². The number of fused-ring (bicyclic) bond motifs is 1. The zero-order chi connectivity index (χ0) is 19.1.